The van der Waals surface area contributed by atoms with E-state index in [0.717, 1.165) is 17.7 Å². The Morgan fingerprint density at radius 2 is 2.06 bits per heavy atom. The maximum absolute atomic E-state index is 13.2. The van der Waals surface area contributed by atoms with Crippen LogP contribution in [0.25, 0.3) is 0 Å². The van der Waals surface area contributed by atoms with Gasteiger partial charge in [-0.2, -0.15) is 0 Å². The van der Waals surface area contributed by atoms with Gasteiger partial charge in [0.05, 0.1) is 6.54 Å². The van der Waals surface area contributed by atoms with Crippen LogP contribution in [0, 0.1) is 5.92 Å². The lowest BCUT2D eigenvalue weighted by Gasteiger charge is -2.24. The van der Waals surface area contributed by atoms with Crippen LogP contribution in [0.4, 0.5) is 8.78 Å². The fraction of sp³-hybridized carbons (Fsp3) is 0.571. The summed E-state index contributed by atoms with van der Waals surface area (Å²) in [7, 11) is 0. The zero-order chi connectivity index (χ0) is 13.1. The van der Waals surface area contributed by atoms with Gasteiger partial charge in [0.2, 0.25) is 0 Å². The molecule has 0 aromatic carbocycles. The highest BCUT2D eigenvalue weighted by Gasteiger charge is 2.39. The Balaban J connectivity index is 3.01. The van der Waals surface area contributed by atoms with Gasteiger partial charge in [-0.15, -0.1) is 0 Å². The highest BCUT2D eigenvalue weighted by Crippen LogP contribution is 2.32. The quantitative estimate of drug-likeness (QED) is 0.658. The summed E-state index contributed by atoms with van der Waals surface area (Å²) in [6.45, 7) is 11.9. The van der Waals surface area contributed by atoms with Crippen LogP contribution in [-0.4, -0.2) is 23.9 Å². The van der Waals surface area contributed by atoms with Crippen molar-refractivity contribution in [1.82, 2.24) is 4.90 Å². The Bertz CT molecular complexity index is 331. The van der Waals surface area contributed by atoms with Crippen molar-refractivity contribution < 1.29 is 8.78 Å². The number of nitrogens with zero attached hydrogens (tertiary/aromatic N) is 1. The molecule has 3 heteroatoms. The first-order chi connectivity index (χ1) is 7.95. The molecular weight excluding hydrogens is 220 g/mol. The summed E-state index contributed by atoms with van der Waals surface area (Å²) < 4.78 is 26.4. The SMILES string of the molecule is C=C/C(=C(\C=C)N1CCC(F)(F)C1)C(C)CC. The molecule has 0 amide bonds. The minimum atomic E-state index is -2.57. The molecule has 0 spiro atoms. The third kappa shape index (κ3) is 3.18. The molecule has 1 rings (SSSR count). The summed E-state index contributed by atoms with van der Waals surface area (Å²) in [5.74, 6) is -2.26. The predicted octanol–water partition coefficient (Wildman–Crippen LogP) is 4.00. The van der Waals surface area contributed by atoms with Crippen molar-refractivity contribution in [2.75, 3.05) is 13.1 Å². The van der Waals surface area contributed by atoms with Crippen molar-refractivity contribution in [2.24, 2.45) is 5.92 Å². The zero-order valence-corrected chi connectivity index (χ0v) is 10.7. The first-order valence-electron chi connectivity index (χ1n) is 6.07. The molecule has 0 radical (unpaired) electrons. The highest BCUT2D eigenvalue weighted by atomic mass is 19.3. The van der Waals surface area contributed by atoms with Crippen molar-refractivity contribution in [3.8, 4) is 0 Å². The highest BCUT2D eigenvalue weighted by molar-refractivity contribution is 5.32. The molecule has 0 aliphatic carbocycles. The number of hydrogen-bond acceptors (Lipinski definition) is 1. The van der Waals surface area contributed by atoms with Crippen LogP contribution in [0.1, 0.15) is 26.7 Å². The molecule has 17 heavy (non-hydrogen) atoms. The molecule has 1 aliphatic heterocycles. The van der Waals surface area contributed by atoms with Gasteiger partial charge in [0.15, 0.2) is 0 Å². The van der Waals surface area contributed by atoms with Crippen LogP contribution in [0.15, 0.2) is 36.6 Å². The lowest BCUT2D eigenvalue weighted by Crippen LogP contribution is -2.25. The van der Waals surface area contributed by atoms with E-state index in [1.165, 1.54) is 0 Å². The molecule has 0 N–H and O–H groups in total. The van der Waals surface area contributed by atoms with Gasteiger partial charge in [-0.1, -0.05) is 33.1 Å². The largest absolute Gasteiger partial charge is 0.365 e. The second-order valence-corrected chi connectivity index (χ2v) is 4.59. The van der Waals surface area contributed by atoms with Crippen LogP contribution in [0.2, 0.25) is 0 Å². The van der Waals surface area contributed by atoms with Gasteiger partial charge >= 0.3 is 0 Å². The predicted molar refractivity (Wildman–Crippen MR) is 68.0 cm³/mol. The number of rotatable bonds is 5. The third-order valence-corrected chi connectivity index (χ3v) is 3.36. The van der Waals surface area contributed by atoms with E-state index in [-0.39, 0.29) is 13.0 Å². The Morgan fingerprint density at radius 1 is 1.41 bits per heavy atom. The van der Waals surface area contributed by atoms with E-state index in [1.54, 1.807) is 17.1 Å². The van der Waals surface area contributed by atoms with Crippen LogP contribution < -0.4 is 0 Å². The second kappa shape index (κ2) is 5.48. The molecule has 0 aromatic rings. The van der Waals surface area contributed by atoms with Crippen molar-refractivity contribution in [2.45, 2.75) is 32.6 Å². The van der Waals surface area contributed by atoms with Gasteiger partial charge in [0.25, 0.3) is 5.92 Å². The van der Waals surface area contributed by atoms with Crippen molar-refractivity contribution in [1.29, 1.82) is 0 Å². The van der Waals surface area contributed by atoms with Crippen LogP contribution in [-0.2, 0) is 0 Å². The Labute approximate surface area is 102 Å². The molecule has 1 aliphatic rings. The maximum atomic E-state index is 13.2. The summed E-state index contributed by atoms with van der Waals surface area (Å²) in [6, 6.07) is 0. The van der Waals surface area contributed by atoms with E-state index in [0.29, 0.717) is 12.5 Å². The van der Waals surface area contributed by atoms with Crippen molar-refractivity contribution in [3.63, 3.8) is 0 Å². The van der Waals surface area contributed by atoms with Crippen molar-refractivity contribution in [3.05, 3.63) is 36.6 Å². The number of likely N-dealkylation sites (tertiary alicyclic amines) is 1. The molecule has 1 heterocycles. The molecule has 1 fully saturated rings. The molecule has 1 saturated heterocycles. The summed E-state index contributed by atoms with van der Waals surface area (Å²) in [5, 5.41) is 0. The fourth-order valence-corrected chi connectivity index (χ4v) is 2.15. The Kier molecular flexibility index (Phi) is 4.49. The lowest BCUT2D eigenvalue weighted by atomic mass is 9.96. The van der Waals surface area contributed by atoms with E-state index in [4.69, 9.17) is 0 Å². The maximum Gasteiger partial charge on any atom is 0.266 e. The standard InChI is InChI=1S/C14H21F2N/c1-5-11(4)12(6-2)13(7-3)17-9-8-14(15,16)10-17/h6-7,11H,2-3,5,8-10H2,1,4H3/b13-12-. The average molecular weight is 241 g/mol. The van der Waals surface area contributed by atoms with Gasteiger partial charge < -0.3 is 4.90 Å². The molecular formula is C14H21F2N. The van der Waals surface area contributed by atoms with E-state index >= 15 is 0 Å². The van der Waals surface area contributed by atoms with E-state index in [9.17, 15) is 8.78 Å². The van der Waals surface area contributed by atoms with Crippen LogP contribution in [0.3, 0.4) is 0 Å². The minimum absolute atomic E-state index is 0.0741. The first-order valence-corrected chi connectivity index (χ1v) is 6.07. The average Bonchev–Trinajstić information content (AvgIpc) is 2.65. The van der Waals surface area contributed by atoms with Crippen LogP contribution in [0.5, 0.6) is 0 Å². The first kappa shape index (κ1) is 13.9. The van der Waals surface area contributed by atoms with E-state index in [1.807, 2.05) is 0 Å². The molecule has 1 atom stereocenters. The summed E-state index contributed by atoms with van der Waals surface area (Å²) in [4.78, 5) is 1.72. The zero-order valence-electron chi connectivity index (χ0n) is 10.7. The van der Waals surface area contributed by atoms with Crippen molar-refractivity contribution >= 4 is 0 Å². The Hall–Kier alpha value is -1.12. The number of alkyl halides is 2. The normalized spacial score (nSPS) is 22.0. The molecule has 0 bridgehead atoms. The van der Waals surface area contributed by atoms with Gasteiger partial charge in [-0.25, -0.2) is 8.78 Å². The molecule has 0 saturated carbocycles. The van der Waals surface area contributed by atoms with E-state index < -0.39 is 5.92 Å². The molecule has 1 unspecified atom stereocenters. The number of hydrogen-bond donors (Lipinski definition) is 0. The molecule has 96 valence electrons. The van der Waals surface area contributed by atoms with Gasteiger partial charge in [-0.05, 0) is 24.0 Å². The molecule has 0 aromatic heterocycles. The fourth-order valence-electron chi connectivity index (χ4n) is 2.15. The lowest BCUT2D eigenvalue weighted by molar-refractivity contribution is 0.0153. The van der Waals surface area contributed by atoms with Gasteiger partial charge in [0, 0.05) is 18.7 Å². The number of allylic oxidation sites excluding steroid dienone is 3. The van der Waals surface area contributed by atoms with Gasteiger partial charge in [-0.3, -0.25) is 0 Å². The van der Waals surface area contributed by atoms with E-state index in [2.05, 4.69) is 27.0 Å². The summed E-state index contributed by atoms with van der Waals surface area (Å²) >= 11 is 0. The topological polar surface area (TPSA) is 3.24 Å². The van der Waals surface area contributed by atoms with Gasteiger partial charge in [0.1, 0.15) is 0 Å². The Morgan fingerprint density at radius 3 is 2.41 bits per heavy atom. The summed E-state index contributed by atoms with van der Waals surface area (Å²) in [6.07, 6.45) is 4.32. The smallest absolute Gasteiger partial charge is 0.266 e. The van der Waals surface area contributed by atoms with Crippen LogP contribution >= 0.6 is 0 Å². The number of halogens is 2. The summed E-state index contributed by atoms with van der Waals surface area (Å²) in [5.41, 5.74) is 1.83. The monoisotopic (exact) mass is 241 g/mol. The molecule has 1 nitrogen and oxygen atoms in total. The minimum Gasteiger partial charge on any atom is -0.365 e. The third-order valence-electron chi connectivity index (χ3n) is 3.36. The second-order valence-electron chi connectivity index (χ2n) is 4.59.